The third-order valence-electron chi connectivity index (χ3n) is 2.71. The normalized spacial score (nSPS) is 10.8. The SMILES string of the molecule is C=CC(=O)Nc1ccc(S(=O)(=O)Nc2ccc(F)cc2)cc1. The summed E-state index contributed by atoms with van der Waals surface area (Å²) < 4.78 is 39.5. The molecule has 0 aliphatic carbocycles. The maximum absolute atomic E-state index is 12.8. The van der Waals surface area contributed by atoms with E-state index in [9.17, 15) is 17.6 Å². The lowest BCUT2D eigenvalue weighted by atomic mass is 10.3. The summed E-state index contributed by atoms with van der Waals surface area (Å²) in [7, 11) is -3.78. The Morgan fingerprint density at radius 1 is 1.00 bits per heavy atom. The van der Waals surface area contributed by atoms with Crippen molar-refractivity contribution in [2.75, 3.05) is 10.0 Å². The number of hydrogen-bond donors (Lipinski definition) is 2. The number of anilines is 2. The molecule has 0 radical (unpaired) electrons. The average molecular weight is 320 g/mol. The van der Waals surface area contributed by atoms with Crippen LogP contribution in [0.4, 0.5) is 15.8 Å². The van der Waals surface area contributed by atoms with Gasteiger partial charge >= 0.3 is 0 Å². The van der Waals surface area contributed by atoms with Crippen LogP contribution in [0.5, 0.6) is 0 Å². The van der Waals surface area contributed by atoms with E-state index in [0.717, 1.165) is 18.2 Å². The number of sulfonamides is 1. The van der Waals surface area contributed by atoms with Gasteiger partial charge in [0.2, 0.25) is 5.91 Å². The van der Waals surface area contributed by atoms with E-state index >= 15 is 0 Å². The molecule has 2 N–H and O–H groups in total. The highest BCUT2D eigenvalue weighted by atomic mass is 32.2. The molecule has 0 atom stereocenters. The van der Waals surface area contributed by atoms with Gasteiger partial charge in [-0.1, -0.05) is 6.58 Å². The summed E-state index contributed by atoms with van der Waals surface area (Å²) in [5.74, 6) is -0.842. The fourth-order valence-corrected chi connectivity index (χ4v) is 2.70. The molecule has 5 nitrogen and oxygen atoms in total. The molecule has 2 rings (SSSR count). The fraction of sp³-hybridized carbons (Fsp3) is 0. The Kier molecular flexibility index (Phi) is 4.57. The Morgan fingerprint density at radius 2 is 1.55 bits per heavy atom. The molecule has 0 saturated heterocycles. The molecule has 7 heteroatoms. The summed E-state index contributed by atoms with van der Waals surface area (Å²) in [6.45, 7) is 3.32. The molecule has 0 unspecified atom stereocenters. The second-order valence-electron chi connectivity index (χ2n) is 4.33. The van der Waals surface area contributed by atoms with Gasteiger partial charge in [0.05, 0.1) is 4.90 Å². The van der Waals surface area contributed by atoms with E-state index in [-0.39, 0.29) is 16.5 Å². The summed E-state index contributed by atoms with van der Waals surface area (Å²) in [6, 6.07) is 10.6. The first-order chi connectivity index (χ1) is 10.4. The van der Waals surface area contributed by atoms with E-state index in [2.05, 4.69) is 16.6 Å². The van der Waals surface area contributed by atoms with Crippen molar-refractivity contribution in [3.05, 3.63) is 67.0 Å². The number of benzene rings is 2. The van der Waals surface area contributed by atoms with Gasteiger partial charge in [0, 0.05) is 11.4 Å². The number of amides is 1. The van der Waals surface area contributed by atoms with Crippen LogP contribution in [-0.2, 0) is 14.8 Å². The molecule has 0 heterocycles. The van der Waals surface area contributed by atoms with E-state index in [1.165, 1.54) is 36.4 Å². The van der Waals surface area contributed by atoms with Gasteiger partial charge in [-0.3, -0.25) is 9.52 Å². The minimum atomic E-state index is -3.78. The predicted molar refractivity (Wildman–Crippen MR) is 82.5 cm³/mol. The Morgan fingerprint density at radius 3 is 2.09 bits per heavy atom. The zero-order valence-corrected chi connectivity index (χ0v) is 12.2. The van der Waals surface area contributed by atoms with Crippen LogP contribution in [0, 0.1) is 5.82 Å². The average Bonchev–Trinajstić information content (AvgIpc) is 2.50. The Hall–Kier alpha value is -2.67. The van der Waals surface area contributed by atoms with E-state index < -0.39 is 15.8 Å². The van der Waals surface area contributed by atoms with Crippen LogP contribution in [0.2, 0.25) is 0 Å². The molecule has 1 amide bonds. The quantitative estimate of drug-likeness (QED) is 0.832. The number of carbonyl (C=O) groups is 1. The van der Waals surface area contributed by atoms with Crippen LogP contribution in [0.25, 0.3) is 0 Å². The first-order valence-electron chi connectivity index (χ1n) is 6.22. The van der Waals surface area contributed by atoms with E-state index in [1.807, 2.05) is 0 Å². The first-order valence-corrected chi connectivity index (χ1v) is 7.71. The standard InChI is InChI=1S/C15H13FN2O3S/c1-2-15(19)17-12-7-9-14(10-8-12)22(20,21)18-13-5-3-11(16)4-6-13/h2-10,18H,1H2,(H,17,19). The van der Waals surface area contributed by atoms with Crippen LogP contribution < -0.4 is 10.0 Å². The molecule has 0 saturated carbocycles. The van der Waals surface area contributed by atoms with Gasteiger partial charge in [-0.15, -0.1) is 0 Å². The van der Waals surface area contributed by atoms with Gasteiger partial charge in [-0.2, -0.15) is 0 Å². The Labute approximate surface area is 127 Å². The van der Waals surface area contributed by atoms with Crippen LogP contribution in [0.1, 0.15) is 0 Å². The number of carbonyl (C=O) groups excluding carboxylic acids is 1. The van der Waals surface area contributed by atoms with Gasteiger partial charge in [0.25, 0.3) is 10.0 Å². The molecular weight excluding hydrogens is 307 g/mol. The largest absolute Gasteiger partial charge is 0.323 e. The lowest BCUT2D eigenvalue weighted by Gasteiger charge is -2.09. The molecule has 114 valence electrons. The topological polar surface area (TPSA) is 75.3 Å². The number of hydrogen-bond acceptors (Lipinski definition) is 3. The Balaban J connectivity index is 2.17. The molecule has 0 aromatic heterocycles. The summed E-state index contributed by atoms with van der Waals surface area (Å²) in [5, 5.41) is 2.51. The smallest absolute Gasteiger partial charge is 0.261 e. The van der Waals surface area contributed by atoms with Crippen molar-refractivity contribution in [3.8, 4) is 0 Å². The highest BCUT2D eigenvalue weighted by molar-refractivity contribution is 7.92. The summed E-state index contributed by atoms with van der Waals surface area (Å²) in [6.07, 6.45) is 1.11. The predicted octanol–water partition coefficient (Wildman–Crippen LogP) is 2.75. The molecular formula is C15H13FN2O3S. The van der Waals surface area contributed by atoms with Crippen LogP contribution >= 0.6 is 0 Å². The summed E-state index contributed by atoms with van der Waals surface area (Å²) >= 11 is 0. The molecule has 22 heavy (non-hydrogen) atoms. The number of halogens is 1. The zero-order valence-electron chi connectivity index (χ0n) is 11.4. The van der Waals surface area contributed by atoms with Gasteiger partial charge in [-0.25, -0.2) is 12.8 Å². The van der Waals surface area contributed by atoms with Crippen molar-refractivity contribution in [3.63, 3.8) is 0 Å². The molecule has 2 aromatic carbocycles. The maximum Gasteiger partial charge on any atom is 0.261 e. The monoisotopic (exact) mass is 320 g/mol. The highest BCUT2D eigenvalue weighted by Gasteiger charge is 2.14. The van der Waals surface area contributed by atoms with Crippen LogP contribution in [-0.4, -0.2) is 14.3 Å². The molecule has 0 bridgehead atoms. The highest BCUT2D eigenvalue weighted by Crippen LogP contribution is 2.18. The molecule has 0 aliphatic heterocycles. The van der Waals surface area contributed by atoms with E-state index in [4.69, 9.17) is 0 Å². The second-order valence-corrected chi connectivity index (χ2v) is 6.01. The first kappa shape index (κ1) is 15.7. The van der Waals surface area contributed by atoms with E-state index in [0.29, 0.717) is 5.69 Å². The van der Waals surface area contributed by atoms with Crippen molar-refractivity contribution in [2.24, 2.45) is 0 Å². The van der Waals surface area contributed by atoms with Gasteiger partial charge in [-0.05, 0) is 54.6 Å². The van der Waals surface area contributed by atoms with E-state index in [1.54, 1.807) is 0 Å². The summed E-state index contributed by atoms with van der Waals surface area (Å²) in [4.78, 5) is 11.2. The maximum atomic E-state index is 12.8. The minimum Gasteiger partial charge on any atom is -0.323 e. The Bertz CT molecular complexity index is 785. The lowest BCUT2D eigenvalue weighted by Crippen LogP contribution is -2.13. The molecule has 2 aromatic rings. The third kappa shape index (κ3) is 3.92. The van der Waals surface area contributed by atoms with Crippen molar-refractivity contribution in [1.82, 2.24) is 0 Å². The van der Waals surface area contributed by atoms with Crippen molar-refractivity contribution in [1.29, 1.82) is 0 Å². The fourth-order valence-electron chi connectivity index (χ4n) is 1.64. The van der Waals surface area contributed by atoms with Gasteiger partial charge in [0.1, 0.15) is 5.82 Å². The number of nitrogens with one attached hydrogen (secondary N) is 2. The number of rotatable bonds is 5. The zero-order chi connectivity index (χ0) is 16.2. The van der Waals surface area contributed by atoms with Gasteiger partial charge in [0.15, 0.2) is 0 Å². The third-order valence-corrected chi connectivity index (χ3v) is 4.11. The molecule has 0 aliphatic rings. The van der Waals surface area contributed by atoms with Crippen molar-refractivity contribution in [2.45, 2.75) is 4.90 Å². The van der Waals surface area contributed by atoms with Crippen molar-refractivity contribution >= 4 is 27.3 Å². The summed E-state index contributed by atoms with van der Waals surface area (Å²) in [5.41, 5.74) is 0.705. The second kappa shape index (κ2) is 6.40. The lowest BCUT2D eigenvalue weighted by molar-refractivity contribution is -0.111. The van der Waals surface area contributed by atoms with Crippen LogP contribution in [0.15, 0.2) is 66.1 Å². The van der Waals surface area contributed by atoms with Crippen molar-refractivity contribution < 1.29 is 17.6 Å². The minimum absolute atomic E-state index is 0.0217. The van der Waals surface area contributed by atoms with Gasteiger partial charge < -0.3 is 5.32 Å². The molecule has 0 fully saturated rings. The van der Waals surface area contributed by atoms with Crippen LogP contribution in [0.3, 0.4) is 0 Å². The molecule has 0 spiro atoms.